The van der Waals surface area contributed by atoms with Gasteiger partial charge in [-0.15, -0.1) is 0 Å². The third kappa shape index (κ3) is 14.1. The second-order valence-electron chi connectivity index (χ2n) is 14.7. The third-order valence-electron chi connectivity index (χ3n) is 10.0. The fourth-order valence-corrected chi connectivity index (χ4v) is 7.50. The van der Waals surface area contributed by atoms with Crippen LogP contribution in [-0.4, -0.2) is 157 Å². The molecule has 330 valence electrons. The molecular weight excluding hydrogens is 792 g/mol. The average molecular weight is 851 g/mol. The van der Waals surface area contributed by atoms with Gasteiger partial charge in [0.2, 0.25) is 5.91 Å². The molecule has 0 bridgehead atoms. The van der Waals surface area contributed by atoms with Gasteiger partial charge in [-0.3, -0.25) is 18.9 Å². The lowest BCUT2D eigenvalue weighted by Crippen LogP contribution is -2.70. The number of methoxy groups -OCH3 is 1. The van der Waals surface area contributed by atoms with Gasteiger partial charge in [-0.2, -0.15) is 8.42 Å². The van der Waals surface area contributed by atoms with Gasteiger partial charge in [-0.05, 0) is 38.8 Å². The number of ether oxygens (including phenoxy) is 7. The van der Waals surface area contributed by atoms with Gasteiger partial charge in [0.05, 0.1) is 19.3 Å². The molecule has 3 fully saturated rings. The smallest absolute Gasteiger partial charge is 0.397 e. The molecule has 0 aromatic heterocycles. The van der Waals surface area contributed by atoms with E-state index in [4.69, 9.17) is 32.6 Å². The summed E-state index contributed by atoms with van der Waals surface area (Å²) in [4.78, 5) is 37.4. The first-order valence-electron chi connectivity index (χ1n) is 19.4. The maximum absolute atomic E-state index is 13.3. The number of benzene rings is 1. The molecule has 20 nitrogen and oxygen atoms in total. The van der Waals surface area contributed by atoms with E-state index in [1.807, 2.05) is 0 Å². The van der Waals surface area contributed by atoms with Crippen molar-refractivity contribution in [2.45, 2.75) is 158 Å². The fourth-order valence-electron chi connectivity index (χ4n) is 7.00. The van der Waals surface area contributed by atoms with Crippen LogP contribution in [0.5, 0.6) is 0 Å². The molecule has 0 spiro atoms. The van der Waals surface area contributed by atoms with Gasteiger partial charge in [0.15, 0.2) is 18.9 Å². The minimum atomic E-state index is -5.03. The predicted molar refractivity (Wildman–Crippen MR) is 199 cm³/mol. The lowest BCUT2D eigenvalue weighted by molar-refractivity contribution is -0.363. The highest BCUT2D eigenvalue weighted by atomic mass is 32.3. The Hall–Kier alpha value is -2.90. The summed E-state index contributed by atoms with van der Waals surface area (Å²) in [7, 11) is -3.69. The average Bonchev–Trinajstić information content (AvgIpc) is 3.17. The number of amides is 2. The van der Waals surface area contributed by atoms with E-state index in [-0.39, 0.29) is 25.5 Å². The summed E-state index contributed by atoms with van der Waals surface area (Å²) in [5.74, 6) is -1.34. The molecule has 58 heavy (non-hydrogen) atoms. The number of hydrogen-bond donors (Lipinski definition) is 7. The van der Waals surface area contributed by atoms with Crippen molar-refractivity contribution in [3.05, 3.63) is 35.9 Å². The molecule has 0 saturated carbocycles. The van der Waals surface area contributed by atoms with Crippen LogP contribution in [0.3, 0.4) is 0 Å². The number of aliphatic hydroxyl groups is 4. The van der Waals surface area contributed by atoms with E-state index in [9.17, 15) is 47.8 Å². The van der Waals surface area contributed by atoms with Crippen LogP contribution in [0.25, 0.3) is 0 Å². The van der Waals surface area contributed by atoms with E-state index in [2.05, 4.69) is 15.4 Å². The van der Waals surface area contributed by atoms with Crippen molar-refractivity contribution in [1.29, 1.82) is 0 Å². The van der Waals surface area contributed by atoms with Gasteiger partial charge >= 0.3 is 16.4 Å². The van der Waals surface area contributed by atoms with E-state index in [0.29, 0.717) is 24.8 Å². The molecule has 1 aromatic rings. The molecule has 7 N–H and O–H groups in total. The first kappa shape index (κ1) is 47.8. The molecule has 1 aromatic carbocycles. The minimum Gasteiger partial charge on any atom is -0.469 e. The Morgan fingerprint density at radius 1 is 0.810 bits per heavy atom. The fraction of sp³-hybridized carbons (Fsp3) is 0.757. The summed E-state index contributed by atoms with van der Waals surface area (Å²) in [6.07, 6.45) is -14.3. The largest absolute Gasteiger partial charge is 0.469 e. The Labute approximate surface area is 337 Å². The zero-order valence-corrected chi connectivity index (χ0v) is 33.8. The summed E-state index contributed by atoms with van der Waals surface area (Å²) in [6.45, 7) is 4.03. The van der Waals surface area contributed by atoms with E-state index < -0.39 is 108 Å². The lowest BCUT2D eigenvalue weighted by atomic mass is 9.94. The zero-order valence-electron chi connectivity index (χ0n) is 33.0. The number of hydrogen-bond acceptors (Lipinski definition) is 17. The quantitative estimate of drug-likeness (QED) is 0.0510. The number of carbonyl (C=O) groups is 3. The van der Waals surface area contributed by atoms with Crippen LogP contribution in [0.1, 0.15) is 82.5 Å². The SMILES string of the molecule is COC(=O)CCCCCCCCO[C@@H]1O[C@H](CNC(=O)c2ccccc2)[C@@H](O[C@@H]2O[C@H](C)C[C@H](OS(=O)(=O)O)[C@H]2O)[C@H](O[C@@H]2O[C@@H](C)[C@@H](O)[C@@H](O)[C@@H]2O)[C@H]1NC(C)=O. The second-order valence-corrected chi connectivity index (χ2v) is 15.7. The van der Waals surface area contributed by atoms with Gasteiger partial charge in [-0.25, -0.2) is 4.18 Å². The van der Waals surface area contributed by atoms with Crippen molar-refractivity contribution in [2.75, 3.05) is 20.3 Å². The molecule has 3 saturated heterocycles. The summed E-state index contributed by atoms with van der Waals surface area (Å²) in [5, 5.41) is 48.8. The number of aliphatic hydroxyl groups excluding tert-OH is 4. The molecular formula is C37H58N2O18S. The zero-order chi connectivity index (χ0) is 42.6. The molecule has 21 heteroatoms. The van der Waals surface area contributed by atoms with Gasteiger partial charge in [0.1, 0.15) is 54.9 Å². The Morgan fingerprint density at radius 3 is 2.10 bits per heavy atom. The predicted octanol–water partition coefficient (Wildman–Crippen LogP) is -0.152. The number of rotatable bonds is 20. The number of carbonyl (C=O) groups excluding carboxylic acids is 3. The molecule has 2 amide bonds. The second kappa shape index (κ2) is 22.6. The van der Waals surface area contributed by atoms with Crippen molar-refractivity contribution in [2.24, 2.45) is 0 Å². The summed E-state index contributed by atoms with van der Waals surface area (Å²) < 4.78 is 79.1. The van der Waals surface area contributed by atoms with Crippen LogP contribution in [0.4, 0.5) is 0 Å². The summed E-state index contributed by atoms with van der Waals surface area (Å²) in [6, 6.07) is 6.97. The lowest BCUT2D eigenvalue weighted by Gasteiger charge is -2.50. The molecule has 0 aliphatic carbocycles. The first-order chi connectivity index (χ1) is 27.5. The van der Waals surface area contributed by atoms with Gasteiger partial charge in [0.25, 0.3) is 5.91 Å². The van der Waals surface area contributed by atoms with Crippen LogP contribution < -0.4 is 10.6 Å². The Kier molecular flexibility index (Phi) is 18.6. The number of esters is 1. The van der Waals surface area contributed by atoms with E-state index in [0.717, 1.165) is 25.7 Å². The van der Waals surface area contributed by atoms with Gasteiger partial charge in [-0.1, -0.05) is 43.9 Å². The highest BCUT2D eigenvalue weighted by molar-refractivity contribution is 7.80. The van der Waals surface area contributed by atoms with E-state index in [1.54, 1.807) is 30.3 Å². The Bertz CT molecular complexity index is 1560. The molecule has 0 radical (unpaired) electrons. The highest BCUT2D eigenvalue weighted by Crippen LogP contribution is 2.34. The Morgan fingerprint density at radius 2 is 1.45 bits per heavy atom. The van der Waals surface area contributed by atoms with Crippen molar-refractivity contribution in [3.63, 3.8) is 0 Å². The summed E-state index contributed by atoms with van der Waals surface area (Å²) >= 11 is 0. The molecule has 3 aliphatic heterocycles. The normalized spacial score (nSPS) is 34.2. The Balaban J connectivity index is 1.65. The van der Waals surface area contributed by atoms with Crippen LogP contribution in [0.2, 0.25) is 0 Å². The minimum absolute atomic E-state index is 0.130. The van der Waals surface area contributed by atoms with Gasteiger partial charge < -0.3 is 64.2 Å². The molecule has 0 unspecified atom stereocenters. The highest BCUT2D eigenvalue weighted by Gasteiger charge is 2.54. The topological polar surface area (TPSA) is 284 Å². The molecule has 14 atom stereocenters. The van der Waals surface area contributed by atoms with Crippen molar-refractivity contribution in [1.82, 2.24) is 10.6 Å². The van der Waals surface area contributed by atoms with Crippen LogP contribution in [0, 0.1) is 0 Å². The number of nitrogens with one attached hydrogen (secondary N) is 2. The maximum atomic E-state index is 13.3. The molecule has 3 aliphatic rings. The van der Waals surface area contributed by atoms with E-state index in [1.165, 1.54) is 27.9 Å². The third-order valence-corrected chi connectivity index (χ3v) is 10.5. The van der Waals surface area contributed by atoms with Crippen molar-refractivity contribution >= 4 is 28.2 Å². The van der Waals surface area contributed by atoms with Crippen LogP contribution in [0.15, 0.2) is 30.3 Å². The summed E-state index contributed by atoms with van der Waals surface area (Å²) in [5.41, 5.74) is 0.308. The maximum Gasteiger partial charge on any atom is 0.397 e. The van der Waals surface area contributed by atoms with Crippen molar-refractivity contribution in [3.8, 4) is 0 Å². The van der Waals surface area contributed by atoms with Crippen LogP contribution in [-0.2, 0) is 57.3 Å². The first-order valence-corrected chi connectivity index (χ1v) is 20.8. The molecule has 3 heterocycles. The van der Waals surface area contributed by atoms with Crippen LogP contribution >= 0.6 is 0 Å². The van der Waals surface area contributed by atoms with Crippen molar-refractivity contribution < 1.29 is 85.1 Å². The monoisotopic (exact) mass is 850 g/mol. The van der Waals surface area contributed by atoms with Gasteiger partial charge in [0, 0.05) is 38.5 Å². The number of unbranched alkanes of at least 4 members (excludes halogenated alkanes) is 5. The molecule has 4 rings (SSSR count). The standard InChI is InChI=1S/C37H58N2O18S/c1-20-18-24(57-58(47,48)49)29(43)36(52-20)55-32-25(19-38-34(46)23-14-10-9-11-15-23)54-35(51-17-13-8-6-5-7-12-16-26(41)50-4)27(39-22(3)40)33(32)56-37-31(45)30(44)28(42)21(2)53-37/h9-11,14-15,20-21,24-25,27-33,35-37,42-45H,5-8,12-13,16-19H2,1-4H3,(H,38,46)(H,39,40)(H,47,48,49)/t20-,21+,24+,25-,27-,28-,29-,30-,31+,32-,33-,35-,36+,37+/m1/s1. The van der Waals surface area contributed by atoms with E-state index >= 15 is 0 Å².